The molecule has 0 saturated carbocycles. The molecule has 0 N–H and O–H groups in total. The van der Waals surface area contributed by atoms with Gasteiger partial charge in [0.1, 0.15) is 0 Å². The molecule has 1 aliphatic heterocycles. The second kappa shape index (κ2) is 9.98. The van der Waals surface area contributed by atoms with Gasteiger partial charge in [-0.3, -0.25) is 14.7 Å². The van der Waals surface area contributed by atoms with E-state index in [-0.39, 0.29) is 11.8 Å². The average molecular weight is 405 g/mol. The number of hydrogen-bond donors (Lipinski definition) is 0. The Morgan fingerprint density at radius 1 is 1.00 bits per heavy atom. The summed E-state index contributed by atoms with van der Waals surface area (Å²) in [6, 6.07) is 17.5. The monoisotopic (exact) mass is 404 g/mol. The average Bonchev–Trinajstić information content (AvgIpc) is 2.78. The highest BCUT2D eigenvalue weighted by Gasteiger charge is 2.23. The van der Waals surface area contributed by atoms with Gasteiger partial charge in [0.25, 0.3) is 0 Å². The first kappa shape index (κ1) is 21.5. The van der Waals surface area contributed by atoms with Crippen LogP contribution in [0.25, 0.3) is 5.70 Å². The van der Waals surface area contributed by atoms with E-state index in [9.17, 15) is 9.59 Å². The number of rotatable bonds is 6. The molecule has 1 heterocycles. The molecule has 1 fully saturated rings. The van der Waals surface area contributed by atoms with Gasteiger partial charge < -0.3 is 9.80 Å². The van der Waals surface area contributed by atoms with Gasteiger partial charge in [0, 0.05) is 57.1 Å². The zero-order valence-electron chi connectivity index (χ0n) is 17.6. The summed E-state index contributed by atoms with van der Waals surface area (Å²) in [5, 5.41) is 0. The predicted molar refractivity (Wildman–Crippen MR) is 120 cm³/mol. The first-order valence-electron chi connectivity index (χ1n) is 10.1. The van der Waals surface area contributed by atoms with Crippen LogP contribution in [-0.2, 0) is 6.54 Å². The highest BCUT2D eigenvalue weighted by molar-refractivity contribution is 5.94. The fourth-order valence-electron chi connectivity index (χ4n) is 3.48. The van der Waals surface area contributed by atoms with E-state index in [0.717, 1.165) is 25.2 Å². The minimum absolute atomic E-state index is 0.0114. The molecule has 0 unspecified atom stereocenters. The maximum absolute atomic E-state index is 12.9. The van der Waals surface area contributed by atoms with Gasteiger partial charge in [-0.1, -0.05) is 54.6 Å². The molecule has 1 aliphatic rings. The molecular formula is C24H28N4O2. The fourth-order valence-corrected chi connectivity index (χ4v) is 3.48. The Kier molecular flexibility index (Phi) is 7.14. The number of hydrogen-bond acceptors (Lipinski definition) is 4. The highest BCUT2D eigenvalue weighted by atomic mass is 16.2. The summed E-state index contributed by atoms with van der Waals surface area (Å²) < 4.78 is 0. The van der Waals surface area contributed by atoms with E-state index in [4.69, 9.17) is 0 Å². The third kappa shape index (κ3) is 5.42. The summed E-state index contributed by atoms with van der Waals surface area (Å²) in [5.41, 5.74) is 3.32. The standard InChI is InChI=1S/C24H28N4O2/c1-19(29)21-9-11-22(12-10-21)23(25-2)18-26(3)24(30)28-15-13-27(14-16-28)17-20-7-5-4-6-8-20/h4-12,18H,2,13-17H2,1,3H3. The van der Waals surface area contributed by atoms with E-state index >= 15 is 0 Å². The van der Waals surface area contributed by atoms with Gasteiger partial charge >= 0.3 is 6.03 Å². The van der Waals surface area contributed by atoms with Crippen molar-refractivity contribution in [3.05, 3.63) is 77.5 Å². The minimum atomic E-state index is -0.0594. The lowest BCUT2D eigenvalue weighted by Gasteiger charge is -2.36. The van der Waals surface area contributed by atoms with Crippen molar-refractivity contribution in [1.29, 1.82) is 0 Å². The Morgan fingerprint density at radius 3 is 2.17 bits per heavy atom. The number of ketones is 1. The van der Waals surface area contributed by atoms with E-state index in [1.54, 1.807) is 30.3 Å². The second-order valence-electron chi connectivity index (χ2n) is 7.45. The third-order valence-corrected chi connectivity index (χ3v) is 5.27. The number of benzene rings is 2. The number of Topliss-reactive ketones (excluding diaryl/α,β-unsaturated/α-hetero) is 1. The number of carbonyl (C=O) groups excluding carboxylic acids is 2. The van der Waals surface area contributed by atoms with Crippen molar-refractivity contribution in [3.8, 4) is 0 Å². The molecule has 156 valence electrons. The van der Waals surface area contributed by atoms with Gasteiger partial charge in [-0.15, -0.1) is 0 Å². The normalized spacial score (nSPS) is 15.0. The number of carbonyl (C=O) groups is 2. The van der Waals surface area contributed by atoms with E-state index in [1.807, 2.05) is 23.1 Å². The van der Waals surface area contributed by atoms with Crippen LogP contribution in [0, 0.1) is 0 Å². The highest BCUT2D eigenvalue weighted by Crippen LogP contribution is 2.18. The molecule has 2 aromatic rings. The molecule has 0 atom stereocenters. The largest absolute Gasteiger partial charge is 0.323 e. The summed E-state index contributed by atoms with van der Waals surface area (Å²) in [6.07, 6.45) is 1.69. The maximum Gasteiger partial charge on any atom is 0.323 e. The molecule has 6 heteroatoms. The molecule has 2 amide bonds. The number of aliphatic imine (C=N–C) groups is 1. The molecule has 0 aliphatic carbocycles. The van der Waals surface area contributed by atoms with Crippen LogP contribution in [0.2, 0.25) is 0 Å². The van der Waals surface area contributed by atoms with E-state index < -0.39 is 0 Å². The van der Waals surface area contributed by atoms with Crippen LogP contribution in [0.5, 0.6) is 0 Å². The van der Waals surface area contributed by atoms with Crippen molar-refractivity contribution in [1.82, 2.24) is 14.7 Å². The molecule has 2 aromatic carbocycles. The fraction of sp³-hybridized carbons (Fsp3) is 0.292. The second-order valence-corrected chi connectivity index (χ2v) is 7.45. The predicted octanol–water partition coefficient (Wildman–Crippen LogP) is 3.76. The Hall–Kier alpha value is -3.25. The molecule has 0 aromatic heterocycles. The van der Waals surface area contributed by atoms with Crippen LogP contribution >= 0.6 is 0 Å². The van der Waals surface area contributed by atoms with Gasteiger partial charge in [0.15, 0.2) is 5.78 Å². The quantitative estimate of drug-likeness (QED) is 0.544. The Balaban J connectivity index is 1.59. The number of amides is 2. The van der Waals surface area contributed by atoms with Crippen LogP contribution in [0.15, 0.2) is 65.8 Å². The summed E-state index contributed by atoms with van der Waals surface area (Å²) in [7, 11) is 1.73. The Labute approximate surface area is 178 Å². The molecule has 1 saturated heterocycles. The van der Waals surface area contributed by atoms with Crippen molar-refractivity contribution >= 4 is 24.2 Å². The van der Waals surface area contributed by atoms with Crippen LogP contribution < -0.4 is 0 Å². The summed E-state index contributed by atoms with van der Waals surface area (Å²) in [6.45, 7) is 9.13. The molecular weight excluding hydrogens is 376 g/mol. The topological polar surface area (TPSA) is 56.2 Å². The van der Waals surface area contributed by atoms with E-state index in [0.29, 0.717) is 24.4 Å². The van der Waals surface area contributed by atoms with Gasteiger partial charge in [-0.05, 0) is 19.2 Å². The molecule has 6 nitrogen and oxygen atoms in total. The molecule has 30 heavy (non-hydrogen) atoms. The van der Waals surface area contributed by atoms with Crippen molar-refractivity contribution in [2.75, 3.05) is 33.2 Å². The zero-order valence-corrected chi connectivity index (χ0v) is 17.6. The van der Waals surface area contributed by atoms with E-state index in [2.05, 4.69) is 40.9 Å². The van der Waals surface area contributed by atoms with Crippen molar-refractivity contribution in [2.45, 2.75) is 13.5 Å². The molecule has 0 spiro atoms. The first-order valence-corrected chi connectivity index (χ1v) is 10.1. The summed E-state index contributed by atoms with van der Waals surface area (Å²) >= 11 is 0. The maximum atomic E-state index is 12.9. The third-order valence-electron chi connectivity index (χ3n) is 5.27. The first-order chi connectivity index (χ1) is 14.5. The summed E-state index contributed by atoms with van der Waals surface area (Å²) in [5.74, 6) is 0.0114. The summed E-state index contributed by atoms with van der Waals surface area (Å²) in [4.78, 5) is 34.2. The SMILES string of the molecule is C=NC(=CN(C)C(=O)N1CCN(Cc2ccccc2)CC1)c1ccc(C(C)=O)cc1. The lowest BCUT2D eigenvalue weighted by Crippen LogP contribution is -2.50. The molecule has 0 radical (unpaired) electrons. The lowest BCUT2D eigenvalue weighted by molar-refractivity contribution is 0.101. The van der Waals surface area contributed by atoms with Crippen LogP contribution in [-0.4, -0.2) is 66.5 Å². The minimum Gasteiger partial charge on any atom is -0.322 e. The van der Waals surface area contributed by atoms with E-state index in [1.165, 1.54) is 12.5 Å². The van der Waals surface area contributed by atoms with Crippen LogP contribution in [0.1, 0.15) is 28.4 Å². The number of urea groups is 1. The van der Waals surface area contributed by atoms with Gasteiger partial charge in [0.2, 0.25) is 0 Å². The number of piperazine rings is 1. The number of nitrogens with zero attached hydrogens (tertiary/aromatic N) is 4. The Bertz CT molecular complexity index is 914. The smallest absolute Gasteiger partial charge is 0.322 e. The van der Waals surface area contributed by atoms with Crippen LogP contribution in [0.4, 0.5) is 4.79 Å². The van der Waals surface area contributed by atoms with Crippen LogP contribution in [0.3, 0.4) is 0 Å². The molecule has 0 bridgehead atoms. The molecule has 3 rings (SSSR count). The van der Waals surface area contributed by atoms with Crippen molar-refractivity contribution in [3.63, 3.8) is 0 Å². The van der Waals surface area contributed by atoms with Crippen molar-refractivity contribution in [2.24, 2.45) is 4.99 Å². The Morgan fingerprint density at radius 2 is 1.60 bits per heavy atom. The van der Waals surface area contributed by atoms with Gasteiger partial charge in [-0.25, -0.2) is 4.79 Å². The van der Waals surface area contributed by atoms with Gasteiger partial charge in [-0.2, -0.15) is 0 Å². The van der Waals surface area contributed by atoms with Crippen molar-refractivity contribution < 1.29 is 9.59 Å². The lowest BCUT2D eigenvalue weighted by atomic mass is 10.1. The zero-order chi connectivity index (χ0) is 21.5. The van der Waals surface area contributed by atoms with Gasteiger partial charge in [0.05, 0.1) is 5.70 Å².